The van der Waals surface area contributed by atoms with Crippen molar-refractivity contribution in [2.24, 2.45) is 0 Å². The Labute approximate surface area is 124 Å². The number of pyridine rings is 1. The second-order valence-corrected chi connectivity index (χ2v) is 4.74. The summed E-state index contributed by atoms with van der Waals surface area (Å²) in [6.07, 6.45) is 4.09. The van der Waals surface area contributed by atoms with Gasteiger partial charge in [-0.05, 0) is 12.1 Å². The molecule has 0 unspecified atom stereocenters. The SMILES string of the molecule is COCCN(CCOC)C(=O)Cc1cn2ccccc2n1. The van der Waals surface area contributed by atoms with Crippen LogP contribution in [0.1, 0.15) is 5.69 Å². The largest absolute Gasteiger partial charge is 0.383 e. The van der Waals surface area contributed by atoms with Gasteiger partial charge in [0, 0.05) is 39.7 Å². The number of carbonyl (C=O) groups excluding carboxylic acids is 1. The predicted octanol–water partition coefficient (Wildman–Crippen LogP) is 0.998. The first kappa shape index (κ1) is 15.5. The summed E-state index contributed by atoms with van der Waals surface area (Å²) in [6.45, 7) is 2.15. The monoisotopic (exact) mass is 291 g/mol. The molecule has 0 atom stereocenters. The van der Waals surface area contributed by atoms with Crippen LogP contribution in [0.2, 0.25) is 0 Å². The minimum Gasteiger partial charge on any atom is -0.383 e. The van der Waals surface area contributed by atoms with E-state index in [1.54, 1.807) is 19.1 Å². The van der Waals surface area contributed by atoms with Gasteiger partial charge in [0.15, 0.2) is 0 Å². The zero-order valence-electron chi connectivity index (χ0n) is 12.5. The molecule has 0 saturated heterocycles. The Kier molecular flexibility index (Phi) is 5.71. The van der Waals surface area contributed by atoms with Gasteiger partial charge in [-0.1, -0.05) is 6.07 Å². The van der Waals surface area contributed by atoms with Crippen LogP contribution < -0.4 is 0 Å². The molecule has 6 nitrogen and oxygen atoms in total. The number of nitrogens with zero attached hydrogens (tertiary/aromatic N) is 3. The zero-order valence-corrected chi connectivity index (χ0v) is 12.5. The number of ether oxygens (including phenoxy) is 2. The first-order valence-corrected chi connectivity index (χ1v) is 6.93. The topological polar surface area (TPSA) is 56.1 Å². The van der Waals surface area contributed by atoms with E-state index >= 15 is 0 Å². The second kappa shape index (κ2) is 7.75. The summed E-state index contributed by atoms with van der Waals surface area (Å²) < 4.78 is 12.0. The van der Waals surface area contributed by atoms with Crippen molar-refractivity contribution in [3.05, 3.63) is 36.3 Å². The fourth-order valence-electron chi connectivity index (χ4n) is 2.10. The van der Waals surface area contributed by atoms with Crippen LogP contribution >= 0.6 is 0 Å². The summed E-state index contributed by atoms with van der Waals surface area (Å²) in [7, 11) is 3.25. The van der Waals surface area contributed by atoms with E-state index in [-0.39, 0.29) is 12.3 Å². The van der Waals surface area contributed by atoms with Gasteiger partial charge in [-0.2, -0.15) is 0 Å². The average molecular weight is 291 g/mol. The Hall–Kier alpha value is -1.92. The van der Waals surface area contributed by atoms with Crippen LogP contribution in [-0.2, 0) is 20.7 Å². The van der Waals surface area contributed by atoms with Gasteiger partial charge >= 0.3 is 0 Å². The van der Waals surface area contributed by atoms with Crippen LogP contribution in [0.15, 0.2) is 30.6 Å². The number of rotatable bonds is 8. The summed E-state index contributed by atoms with van der Waals surface area (Å²) in [4.78, 5) is 18.6. The molecule has 2 heterocycles. The van der Waals surface area contributed by atoms with E-state index in [0.29, 0.717) is 26.3 Å². The smallest absolute Gasteiger partial charge is 0.228 e. The summed E-state index contributed by atoms with van der Waals surface area (Å²) in [5.74, 6) is 0.0347. The minimum absolute atomic E-state index is 0.0347. The zero-order chi connectivity index (χ0) is 15.1. The van der Waals surface area contributed by atoms with Crippen LogP contribution in [0.5, 0.6) is 0 Å². The Bertz CT molecular complexity index is 541. The fourth-order valence-corrected chi connectivity index (χ4v) is 2.10. The van der Waals surface area contributed by atoms with Gasteiger partial charge in [0.2, 0.25) is 5.91 Å². The quantitative estimate of drug-likeness (QED) is 0.728. The number of carbonyl (C=O) groups is 1. The molecule has 0 bridgehead atoms. The third-order valence-electron chi connectivity index (χ3n) is 3.23. The summed E-state index contributed by atoms with van der Waals surface area (Å²) in [5, 5.41) is 0. The average Bonchev–Trinajstić information content (AvgIpc) is 2.89. The van der Waals surface area contributed by atoms with Crippen LogP contribution in [0.25, 0.3) is 5.65 Å². The highest BCUT2D eigenvalue weighted by molar-refractivity contribution is 5.78. The maximum absolute atomic E-state index is 12.4. The van der Waals surface area contributed by atoms with E-state index in [2.05, 4.69) is 4.98 Å². The normalized spacial score (nSPS) is 11.0. The molecule has 2 rings (SSSR count). The minimum atomic E-state index is 0.0347. The van der Waals surface area contributed by atoms with Crippen molar-refractivity contribution in [2.75, 3.05) is 40.5 Å². The Morgan fingerprint density at radius 3 is 2.57 bits per heavy atom. The molecule has 114 valence electrons. The predicted molar refractivity (Wildman–Crippen MR) is 79.2 cm³/mol. The van der Waals surface area contributed by atoms with Crippen LogP contribution in [0.4, 0.5) is 0 Å². The fraction of sp³-hybridized carbons (Fsp3) is 0.467. The molecule has 0 aliphatic heterocycles. The lowest BCUT2D eigenvalue weighted by atomic mass is 10.3. The standard InChI is InChI=1S/C15H21N3O3/c1-20-9-7-17(8-10-21-2)15(19)11-13-12-18-6-4-3-5-14(18)16-13/h3-6,12H,7-11H2,1-2H3. The summed E-state index contributed by atoms with van der Waals surface area (Å²) in [6, 6.07) is 5.78. The van der Waals surface area contributed by atoms with Gasteiger partial charge in [0.1, 0.15) is 5.65 Å². The van der Waals surface area contributed by atoms with E-state index in [0.717, 1.165) is 11.3 Å². The Morgan fingerprint density at radius 1 is 1.24 bits per heavy atom. The molecule has 0 saturated carbocycles. The van der Waals surface area contributed by atoms with Crippen molar-refractivity contribution in [1.82, 2.24) is 14.3 Å². The van der Waals surface area contributed by atoms with Crippen LogP contribution in [0.3, 0.4) is 0 Å². The molecular weight excluding hydrogens is 270 g/mol. The van der Waals surface area contributed by atoms with E-state index in [1.165, 1.54) is 0 Å². The molecular formula is C15H21N3O3. The van der Waals surface area contributed by atoms with E-state index in [4.69, 9.17) is 9.47 Å². The molecule has 0 N–H and O–H groups in total. The Balaban J connectivity index is 2.02. The van der Waals surface area contributed by atoms with Crippen molar-refractivity contribution in [1.29, 1.82) is 0 Å². The lowest BCUT2D eigenvalue weighted by Crippen LogP contribution is -2.37. The second-order valence-electron chi connectivity index (χ2n) is 4.74. The van der Waals surface area contributed by atoms with Crippen LogP contribution in [0, 0.1) is 0 Å². The Morgan fingerprint density at radius 2 is 1.95 bits per heavy atom. The number of amides is 1. The maximum Gasteiger partial charge on any atom is 0.228 e. The van der Waals surface area contributed by atoms with Crippen molar-refractivity contribution in [3.63, 3.8) is 0 Å². The van der Waals surface area contributed by atoms with Crippen molar-refractivity contribution in [2.45, 2.75) is 6.42 Å². The van der Waals surface area contributed by atoms with Crippen molar-refractivity contribution < 1.29 is 14.3 Å². The number of hydrogen-bond acceptors (Lipinski definition) is 4. The van der Waals surface area contributed by atoms with E-state index in [1.807, 2.05) is 35.0 Å². The first-order valence-electron chi connectivity index (χ1n) is 6.93. The molecule has 1 amide bonds. The lowest BCUT2D eigenvalue weighted by molar-refractivity contribution is -0.131. The van der Waals surface area contributed by atoms with Gasteiger partial charge in [0.05, 0.1) is 25.3 Å². The highest BCUT2D eigenvalue weighted by Gasteiger charge is 2.15. The number of methoxy groups -OCH3 is 2. The van der Waals surface area contributed by atoms with Crippen LogP contribution in [-0.4, -0.2) is 60.7 Å². The number of fused-ring (bicyclic) bond motifs is 1. The molecule has 6 heteroatoms. The molecule has 21 heavy (non-hydrogen) atoms. The molecule has 2 aromatic rings. The number of hydrogen-bond donors (Lipinski definition) is 0. The van der Waals surface area contributed by atoms with Gasteiger partial charge < -0.3 is 18.8 Å². The molecule has 0 spiro atoms. The van der Waals surface area contributed by atoms with Gasteiger partial charge in [-0.25, -0.2) is 4.98 Å². The van der Waals surface area contributed by atoms with E-state index in [9.17, 15) is 4.79 Å². The third kappa shape index (κ3) is 4.27. The highest BCUT2D eigenvalue weighted by Crippen LogP contribution is 2.06. The lowest BCUT2D eigenvalue weighted by Gasteiger charge is -2.21. The summed E-state index contributed by atoms with van der Waals surface area (Å²) in [5.41, 5.74) is 1.62. The van der Waals surface area contributed by atoms with Crippen molar-refractivity contribution >= 4 is 11.6 Å². The van der Waals surface area contributed by atoms with Gasteiger partial charge in [-0.15, -0.1) is 0 Å². The van der Waals surface area contributed by atoms with E-state index < -0.39 is 0 Å². The van der Waals surface area contributed by atoms with Gasteiger partial charge in [0.25, 0.3) is 0 Å². The maximum atomic E-state index is 12.4. The molecule has 0 radical (unpaired) electrons. The first-order chi connectivity index (χ1) is 10.2. The highest BCUT2D eigenvalue weighted by atomic mass is 16.5. The van der Waals surface area contributed by atoms with Crippen molar-refractivity contribution in [3.8, 4) is 0 Å². The molecule has 2 aromatic heterocycles. The molecule has 0 aliphatic rings. The molecule has 0 fully saturated rings. The molecule has 0 aliphatic carbocycles. The number of imidazole rings is 1. The summed E-state index contributed by atoms with van der Waals surface area (Å²) >= 11 is 0. The number of aromatic nitrogens is 2. The third-order valence-corrected chi connectivity index (χ3v) is 3.23. The molecule has 0 aromatic carbocycles. The van der Waals surface area contributed by atoms with Gasteiger partial charge in [-0.3, -0.25) is 4.79 Å².